The molecule has 3 rings (SSSR count). The maximum atomic E-state index is 12.5. The summed E-state index contributed by atoms with van der Waals surface area (Å²) < 4.78 is 0. The van der Waals surface area contributed by atoms with Crippen LogP contribution in [0.1, 0.15) is 24.0 Å². The van der Waals surface area contributed by atoms with E-state index in [-0.39, 0.29) is 24.4 Å². The van der Waals surface area contributed by atoms with Crippen molar-refractivity contribution in [3.8, 4) is 0 Å². The van der Waals surface area contributed by atoms with Crippen LogP contribution in [-0.2, 0) is 22.6 Å². The van der Waals surface area contributed by atoms with E-state index in [2.05, 4.69) is 11.4 Å². The Morgan fingerprint density at radius 1 is 1.24 bits per heavy atom. The molecule has 2 atom stereocenters. The van der Waals surface area contributed by atoms with Crippen LogP contribution in [0.3, 0.4) is 0 Å². The van der Waals surface area contributed by atoms with Gasteiger partial charge in [0.1, 0.15) is 6.04 Å². The Balaban J connectivity index is 0.00000161. The number of carboxylic acid groups (broad SMARTS) is 1. The van der Waals surface area contributed by atoms with Crippen LogP contribution >= 0.6 is 12.4 Å². The Labute approximate surface area is 129 Å². The van der Waals surface area contributed by atoms with Crippen LogP contribution in [-0.4, -0.2) is 40.5 Å². The highest BCUT2D eigenvalue weighted by Gasteiger charge is 2.37. The SMILES string of the molecule is Cl.O=C(O)[C@@H]1CCCN1C(=O)[C@@H]1Cc2ccccc2CN1. The minimum absolute atomic E-state index is 0. The number of nitrogens with zero attached hydrogens (tertiary/aromatic N) is 1. The fourth-order valence-corrected chi connectivity index (χ4v) is 3.12. The number of halogens is 1. The zero-order chi connectivity index (χ0) is 14.1. The summed E-state index contributed by atoms with van der Waals surface area (Å²) in [7, 11) is 0. The van der Waals surface area contributed by atoms with Crippen molar-refractivity contribution in [3.05, 3.63) is 35.4 Å². The Morgan fingerprint density at radius 3 is 2.67 bits per heavy atom. The second-order valence-corrected chi connectivity index (χ2v) is 5.43. The van der Waals surface area contributed by atoms with Crippen molar-refractivity contribution in [1.29, 1.82) is 0 Å². The predicted octanol–water partition coefficient (Wildman–Crippen LogP) is 1.20. The van der Waals surface area contributed by atoms with E-state index in [9.17, 15) is 14.7 Å². The van der Waals surface area contributed by atoms with E-state index in [1.165, 1.54) is 16.0 Å². The van der Waals surface area contributed by atoms with E-state index in [0.29, 0.717) is 25.9 Å². The largest absolute Gasteiger partial charge is 0.480 e. The van der Waals surface area contributed by atoms with Gasteiger partial charge in [-0.3, -0.25) is 4.79 Å². The number of fused-ring (bicyclic) bond motifs is 1. The summed E-state index contributed by atoms with van der Waals surface area (Å²) in [6, 6.07) is 7.10. The van der Waals surface area contributed by atoms with Gasteiger partial charge in [-0.15, -0.1) is 12.4 Å². The molecule has 0 radical (unpaired) electrons. The molecule has 2 aliphatic heterocycles. The van der Waals surface area contributed by atoms with E-state index < -0.39 is 12.0 Å². The Hall–Kier alpha value is -1.59. The quantitative estimate of drug-likeness (QED) is 0.861. The van der Waals surface area contributed by atoms with Crippen LogP contribution in [0.15, 0.2) is 24.3 Å². The molecule has 21 heavy (non-hydrogen) atoms. The van der Waals surface area contributed by atoms with Gasteiger partial charge in [0.05, 0.1) is 6.04 Å². The first kappa shape index (κ1) is 15.8. The van der Waals surface area contributed by atoms with Crippen LogP contribution in [0, 0.1) is 0 Å². The summed E-state index contributed by atoms with van der Waals surface area (Å²) in [6.45, 7) is 1.22. The van der Waals surface area contributed by atoms with Gasteiger partial charge in [0.15, 0.2) is 0 Å². The minimum atomic E-state index is -0.896. The smallest absolute Gasteiger partial charge is 0.326 e. The third kappa shape index (κ3) is 3.04. The van der Waals surface area contributed by atoms with Crippen molar-refractivity contribution in [1.82, 2.24) is 10.2 Å². The third-order valence-corrected chi connectivity index (χ3v) is 4.20. The number of carbonyl (C=O) groups excluding carboxylic acids is 1. The van der Waals surface area contributed by atoms with Gasteiger partial charge in [0.2, 0.25) is 5.91 Å². The second-order valence-electron chi connectivity index (χ2n) is 5.43. The second kappa shape index (κ2) is 6.45. The van der Waals surface area contributed by atoms with Gasteiger partial charge in [0.25, 0.3) is 0 Å². The molecule has 0 saturated carbocycles. The Morgan fingerprint density at radius 2 is 1.95 bits per heavy atom. The molecule has 1 aromatic carbocycles. The van der Waals surface area contributed by atoms with Gasteiger partial charge in [-0.25, -0.2) is 4.79 Å². The van der Waals surface area contributed by atoms with E-state index in [0.717, 1.165) is 6.42 Å². The molecule has 2 aliphatic rings. The zero-order valence-electron chi connectivity index (χ0n) is 11.6. The molecule has 0 spiro atoms. The van der Waals surface area contributed by atoms with Gasteiger partial charge in [-0.2, -0.15) is 0 Å². The summed E-state index contributed by atoms with van der Waals surface area (Å²) in [5.74, 6) is -0.975. The average molecular weight is 311 g/mol. The van der Waals surface area contributed by atoms with Gasteiger partial charge < -0.3 is 15.3 Å². The lowest BCUT2D eigenvalue weighted by Crippen LogP contribution is -2.52. The molecule has 114 valence electrons. The van der Waals surface area contributed by atoms with Crippen molar-refractivity contribution < 1.29 is 14.7 Å². The number of likely N-dealkylation sites (tertiary alicyclic amines) is 1. The topological polar surface area (TPSA) is 69.6 Å². The van der Waals surface area contributed by atoms with Crippen molar-refractivity contribution in [2.75, 3.05) is 6.54 Å². The summed E-state index contributed by atoms with van der Waals surface area (Å²) in [6.07, 6.45) is 1.97. The van der Waals surface area contributed by atoms with Crippen LogP contribution in [0.4, 0.5) is 0 Å². The lowest BCUT2D eigenvalue weighted by atomic mass is 9.95. The van der Waals surface area contributed by atoms with Crippen LogP contribution < -0.4 is 5.32 Å². The molecule has 2 heterocycles. The summed E-state index contributed by atoms with van der Waals surface area (Å²) >= 11 is 0. The lowest BCUT2D eigenvalue weighted by molar-refractivity contribution is -0.149. The first-order chi connectivity index (χ1) is 9.66. The van der Waals surface area contributed by atoms with Gasteiger partial charge >= 0.3 is 5.97 Å². The standard InChI is InChI=1S/C15H18N2O3.ClH/c18-14(17-7-3-6-13(17)15(19)20)12-8-10-4-1-2-5-11(10)9-16-12;/h1-2,4-5,12-13,16H,3,6-9H2,(H,19,20);1H/t12-,13-;/m0./s1. The normalized spacial score (nSPS) is 24.1. The molecule has 0 unspecified atom stereocenters. The van der Waals surface area contributed by atoms with Crippen LogP contribution in [0.2, 0.25) is 0 Å². The highest BCUT2D eigenvalue weighted by Crippen LogP contribution is 2.22. The molecule has 6 heteroatoms. The molecule has 1 aromatic rings. The van der Waals surface area contributed by atoms with Crippen molar-refractivity contribution in [3.63, 3.8) is 0 Å². The fourth-order valence-electron chi connectivity index (χ4n) is 3.12. The van der Waals surface area contributed by atoms with Gasteiger partial charge in [-0.1, -0.05) is 24.3 Å². The lowest BCUT2D eigenvalue weighted by Gasteiger charge is -2.30. The zero-order valence-corrected chi connectivity index (χ0v) is 12.4. The van der Waals surface area contributed by atoms with Crippen LogP contribution in [0.25, 0.3) is 0 Å². The highest BCUT2D eigenvalue weighted by molar-refractivity contribution is 5.88. The summed E-state index contributed by atoms with van der Waals surface area (Å²) in [5.41, 5.74) is 2.39. The monoisotopic (exact) mass is 310 g/mol. The Kier molecular flexibility index (Phi) is 4.85. The number of carboxylic acids is 1. The van der Waals surface area contributed by atoms with Gasteiger partial charge in [-0.05, 0) is 30.4 Å². The molecule has 0 aromatic heterocycles. The molecule has 1 fully saturated rings. The molecule has 5 nitrogen and oxygen atoms in total. The van der Waals surface area contributed by atoms with Crippen molar-refractivity contribution in [2.45, 2.75) is 37.9 Å². The number of carbonyl (C=O) groups is 2. The number of hydrogen-bond acceptors (Lipinski definition) is 3. The van der Waals surface area contributed by atoms with Gasteiger partial charge in [0, 0.05) is 13.1 Å². The van der Waals surface area contributed by atoms with Crippen molar-refractivity contribution in [2.24, 2.45) is 0 Å². The number of hydrogen-bond donors (Lipinski definition) is 2. The summed E-state index contributed by atoms with van der Waals surface area (Å²) in [4.78, 5) is 25.2. The predicted molar refractivity (Wildman–Crippen MR) is 80.4 cm³/mol. The number of nitrogens with one attached hydrogen (secondary N) is 1. The third-order valence-electron chi connectivity index (χ3n) is 4.20. The molecule has 2 N–H and O–H groups in total. The molecular formula is C15H19ClN2O3. The number of rotatable bonds is 2. The van der Waals surface area contributed by atoms with E-state index in [1.54, 1.807) is 0 Å². The fraction of sp³-hybridized carbons (Fsp3) is 0.467. The molecule has 1 amide bonds. The number of benzene rings is 1. The number of amides is 1. The maximum Gasteiger partial charge on any atom is 0.326 e. The van der Waals surface area contributed by atoms with E-state index in [4.69, 9.17) is 0 Å². The molecule has 0 bridgehead atoms. The van der Waals surface area contributed by atoms with Crippen molar-refractivity contribution >= 4 is 24.3 Å². The molecule has 0 aliphatic carbocycles. The minimum Gasteiger partial charge on any atom is -0.480 e. The molecular weight excluding hydrogens is 292 g/mol. The average Bonchev–Trinajstić information content (AvgIpc) is 2.95. The molecule has 1 saturated heterocycles. The number of aliphatic carboxylic acids is 1. The highest BCUT2D eigenvalue weighted by atomic mass is 35.5. The van der Waals surface area contributed by atoms with E-state index in [1.807, 2.05) is 18.2 Å². The van der Waals surface area contributed by atoms with Crippen LogP contribution in [0.5, 0.6) is 0 Å². The Bertz CT molecular complexity index is 549. The maximum absolute atomic E-state index is 12.5. The summed E-state index contributed by atoms with van der Waals surface area (Å²) in [5, 5.41) is 12.4. The van der Waals surface area contributed by atoms with E-state index >= 15 is 0 Å². The first-order valence-corrected chi connectivity index (χ1v) is 7.00. The first-order valence-electron chi connectivity index (χ1n) is 7.00.